The summed E-state index contributed by atoms with van der Waals surface area (Å²) in [4.78, 5) is 41.2. The van der Waals surface area contributed by atoms with Crippen LogP contribution in [-0.4, -0.2) is 81.5 Å². The lowest BCUT2D eigenvalue weighted by atomic mass is 9.57. The number of carbonyl (C=O) groups is 3. The number of rotatable bonds is 8. The molecule has 47 heavy (non-hydrogen) atoms. The Balaban J connectivity index is 1.33. The molecule has 1 aromatic heterocycles. The number of amides is 3. The summed E-state index contributed by atoms with van der Waals surface area (Å²) in [5.41, 5.74) is 2.14. The fourth-order valence-corrected chi connectivity index (χ4v) is 9.25. The first-order valence-corrected chi connectivity index (χ1v) is 17.0. The Morgan fingerprint density at radius 1 is 1.11 bits per heavy atom. The van der Waals surface area contributed by atoms with Crippen molar-refractivity contribution < 1.29 is 14.4 Å². The van der Waals surface area contributed by atoms with Gasteiger partial charge in [0.15, 0.2) is 5.82 Å². The van der Waals surface area contributed by atoms with Crippen LogP contribution >= 0.6 is 0 Å². The van der Waals surface area contributed by atoms with Gasteiger partial charge in [0.05, 0.1) is 18.0 Å². The number of aromatic amines is 1. The predicted molar refractivity (Wildman–Crippen MR) is 173 cm³/mol. The zero-order chi connectivity index (χ0) is 32.8. The van der Waals surface area contributed by atoms with Crippen LogP contribution in [0.4, 0.5) is 0 Å². The maximum absolute atomic E-state index is 13.8. The van der Waals surface area contributed by atoms with Crippen LogP contribution in [0.5, 0.6) is 0 Å². The summed E-state index contributed by atoms with van der Waals surface area (Å²) < 4.78 is 0. The second-order valence-electron chi connectivity index (χ2n) is 14.1. The van der Waals surface area contributed by atoms with E-state index in [1.165, 1.54) is 0 Å². The molecule has 1 aromatic carbocycles. The fourth-order valence-electron chi connectivity index (χ4n) is 9.25. The van der Waals surface area contributed by atoms with Gasteiger partial charge in [-0.15, -0.1) is 5.10 Å². The van der Waals surface area contributed by atoms with Gasteiger partial charge in [-0.3, -0.25) is 14.4 Å². The summed E-state index contributed by atoms with van der Waals surface area (Å²) in [5.74, 6) is 0.683. The number of nitrogens with zero attached hydrogens (tertiary/aromatic N) is 5. The minimum absolute atomic E-state index is 0.00745. The Morgan fingerprint density at radius 3 is 2.64 bits per heavy atom. The second kappa shape index (κ2) is 12.3. The number of nitriles is 1. The first-order valence-electron chi connectivity index (χ1n) is 17.0. The Labute approximate surface area is 274 Å². The topological polar surface area (TPSA) is 169 Å². The zero-order valence-electron chi connectivity index (χ0n) is 27.1. The van der Waals surface area contributed by atoms with E-state index in [4.69, 9.17) is 0 Å². The first kappa shape index (κ1) is 31.2. The Kier molecular flexibility index (Phi) is 8.20. The van der Waals surface area contributed by atoms with Crippen molar-refractivity contribution in [1.82, 2.24) is 41.5 Å². The first-order chi connectivity index (χ1) is 22.8. The number of likely N-dealkylation sites (tertiary alicyclic amines) is 1. The third-order valence-electron chi connectivity index (χ3n) is 11.6. The molecule has 12 heteroatoms. The van der Waals surface area contributed by atoms with Crippen LogP contribution in [0, 0.1) is 29.1 Å². The number of nitrogens with one attached hydrogen (secondary N) is 4. The standard InChI is InChI=1S/C35H43N9O3/c1-37-31(46)23-8-10-27-21(14-23)6-7-22-15-24(32(47)38-2)9-11-28(22)35(27,33-40-42-43-41-33)20-34(12-4-3-5-13-34)39-19-30(45)44-26(18-36)16-25-17-29(25)44/h8-11,14-15,21,25-27,29,39H,3-7,12-13,16-17,19-20H2,1-2H3,(H,37,46)(H,38,47)(H,40,41,42,43)/t21?,25-,26?,27?,29+,35?/m1/s1. The summed E-state index contributed by atoms with van der Waals surface area (Å²) in [5, 5.41) is 35.0. The van der Waals surface area contributed by atoms with Gasteiger partial charge in [-0.25, -0.2) is 5.10 Å². The number of aryl methyl sites for hydroxylation is 1. The number of hydrogen-bond acceptors (Lipinski definition) is 8. The average molecular weight is 638 g/mol. The van der Waals surface area contributed by atoms with Gasteiger partial charge in [0.2, 0.25) is 5.91 Å². The molecule has 0 radical (unpaired) electrons. The largest absolute Gasteiger partial charge is 0.355 e. The van der Waals surface area contributed by atoms with Gasteiger partial charge in [-0.05, 0) is 90.5 Å². The summed E-state index contributed by atoms with van der Waals surface area (Å²) in [6, 6.07) is 8.13. The monoisotopic (exact) mass is 637 g/mol. The van der Waals surface area contributed by atoms with Crippen molar-refractivity contribution in [1.29, 1.82) is 5.26 Å². The summed E-state index contributed by atoms with van der Waals surface area (Å²) in [6.45, 7) is 0.166. The minimum atomic E-state index is -0.764. The van der Waals surface area contributed by atoms with E-state index < -0.39 is 11.0 Å². The number of fused-ring (bicyclic) bond motifs is 3. The van der Waals surface area contributed by atoms with Crippen LogP contribution in [-0.2, 0) is 21.4 Å². The van der Waals surface area contributed by atoms with Gasteiger partial charge < -0.3 is 20.9 Å². The molecule has 246 valence electrons. The number of carbonyl (C=O) groups excluding carboxylic acids is 3. The van der Waals surface area contributed by atoms with Crippen molar-refractivity contribution in [3.05, 3.63) is 64.5 Å². The molecule has 1 aliphatic heterocycles. The molecule has 2 saturated carbocycles. The number of benzene rings is 1. The normalized spacial score (nSPS) is 30.1. The van der Waals surface area contributed by atoms with E-state index in [0.29, 0.717) is 35.7 Å². The van der Waals surface area contributed by atoms with Crippen molar-refractivity contribution in [3.63, 3.8) is 0 Å². The quantitative estimate of drug-likeness (QED) is 0.342. The third kappa shape index (κ3) is 5.44. The molecule has 0 spiro atoms. The number of allylic oxidation sites excluding steroid dienone is 2. The van der Waals surface area contributed by atoms with E-state index in [1.54, 1.807) is 14.1 Å². The highest BCUT2D eigenvalue weighted by molar-refractivity contribution is 5.96. The number of hydrogen-bond donors (Lipinski definition) is 4. The lowest BCUT2D eigenvalue weighted by molar-refractivity contribution is -0.131. The Hall–Kier alpha value is -4.37. The van der Waals surface area contributed by atoms with Crippen LogP contribution in [0.15, 0.2) is 42.0 Å². The molecule has 7 rings (SSSR count). The Morgan fingerprint density at radius 2 is 1.91 bits per heavy atom. The van der Waals surface area contributed by atoms with Gasteiger partial charge >= 0.3 is 0 Å². The average Bonchev–Trinajstić information content (AvgIpc) is 3.48. The molecule has 2 heterocycles. The van der Waals surface area contributed by atoms with Crippen LogP contribution < -0.4 is 16.0 Å². The van der Waals surface area contributed by atoms with Crippen LogP contribution in [0.2, 0.25) is 0 Å². The van der Waals surface area contributed by atoms with Crippen molar-refractivity contribution >= 4 is 17.7 Å². The van der Waals surface area contributed by atoms with Gasteiger partial charge in [-0.1, -0.05) is 43.6 Å². The molecule has 4 N–H and O–H groups in total. The maximum Gasteiger partial charge on any atom is 0.251 e. The van der Waals surface area contributed by atoms with E-state index in [0.717, 1.165) is 62.5 Å². The molecule has 4 unspecified atom stereocenters. The van der Waals surface area contributed by atoms with E-state index in [1.807, 2.05) is 23.1 Å². The molecule has 12 nitrogen and oxygen atoms in total. The lowest BCUT2D eigenvalue weighted by Gasteiger charge is -2.49. The molecule has 3 amide bonds. The highest BCUT2D eigenvalue weighted by atomic mass is 16.2. The van der Waals surface area contributed by atoms with E-state index in [9.17, 15) is 19.6 Å². The van der Waals surface area contributed by atoms with Gasteiger partial charge in [-0.2, -0.15) is 5.26 Å². The fraction of sp³-hybridized carbons (Fsp3) is 0.571. The summed E-state index contributed by atoms with van der Waals surface area (Å²) in [6.07, 6.45) is 14.9. The summed E-state index contributed by atoms with van der Waals surface area (Å²) in [7, 11) is 3.27. The SMILES string of the molecule is CNC(=O)C1=CC2CCc3cc(C(=O)NC)ccc3C(CC3(NCC(=O)N4C(C#N)C[C@@H]5C[C@@H]54)CCCCC3)(c3nnn[nH]3)C2C=C1. The molecule has 6 atom stereocenters. The molecule has 1 saturated heterocycles. The maximum atomic E-state index is 13.8. The zero-order valence-corrected chi connectivity index (χ0v) is 27.1. The number of H-pyrrole nitrogens is 1. The molecule has 0 bridgehead atoms. The van der Waals surface area contributed by atoms with E-state index in [-0.39, 0.29) is 48.2 Å². The third-order valence-corrected chi connectivity index (χ3v) is 11.6. The minimum Gasteiger partial charge on any atom is -0.355 e. The highest BCUT2D eigenvalue weighted by Gasteiger charge is 2.56. The number of likely N-dealkylation sites (N-methyl/N-ethyl adjacent to an activating group) is 1. The van der Waals surface area contributed by atoms with Crippen molar-refractivity contribution in [2.24, 2.45) is 17.8 Å². The smallest absolute Gasteiger partial charge is 0.251 e. The van der Waals surface area contributed by atoms with E-state index >= 15 is 0 Å². The van der Waals surface area contributed by atoms with Crippen molar-refractivity contribution in [2.45, 2.75) is 87.2 Å². The second-order valence-corrected chi connectivity index (χ2v) is 14.1. The van der Waals surface area contributed by atoms with Crippen LogP contribution in [0.1, 0.15) is 85.1 Å². The molecule has 2 aromatic rings. The highest BCUT2D eigenvalue weighted by Crippen LogP contribution is 2.55. The van der Waals surface area contributed by atoms with Crippen molar-refractivity contribution in [2.75, 3.05) is 20.6 Å². The van der Waals surface area contributed by atoms with Gasteiger partial charge in [0, 0.05) is 42.7 Å². The number of aromatic nitrogens is 4. The van der Waals surface area contributed by atoms with Crippen LogP contribution in [0.3, 0.4) is 0 Å². The summed E-state index contributed by atoms with van der Waals surface area (Å²) >= 11 is 0. The molecule has 3 fully saturated rings. The molecular weight excluding hydrogens is 594 g/mol. The van der Waals surface area contributed by atoms with Gasteiger partial charge in [0.25, 0.3) is 11.8 Å². The van der Waals surface area contributed by atoms with Crippen LogP contribution in [0.25, 0.3) is 0 Å². The molecule has 5 aliphatic rings. The Bertz CT molecular complexity index is 1650. The lowest BCUT2D eigenvalue weighted by Crippen LogP contribution is -2.57. The van der Waals surface area contributed by atoms with E-state index in [2.05, 4.69) is 60.9 Å². The number of piperidine rings is 1. The molecular formula is C35H43N9O3. The van der Waals surface area contributed by atoms with Crippen molar-refractivity contribution in [3.8, 4) is 6.07 Å². The predicted octanol–water partition coefficient (Wildman–Crippen LogP) is 2.46. The van der Waals surface area contributed by atoms with Gasteiger partial charge in [0.1, 0.15) is 6.04 Å². The number of tetrazole rings is 1. The molecule has 4 aliphatic carbocycles.